The second-order valence-electron chi connectivity index (χ2n) is 6.48. The van der Waals surface area contributed by atoms with E-state index in [-0.39, 0.29) is 0 Å². The molecule has 2 heteroatoms. The minimum atomic E-state index is 0.305. The van der Waals surface area contributed by atoms with Crippen LogP contribution in [0.3, 0.4) is 0 Å². The van der Waals surface area contributed by atoms with E-state index in [2.05, 4.69) is 42.6 Å². The third kappa shape index (κ3) is 5.12. The Morgan fingerprint density at radius 3 is 2.48 bits per heavy atom. The highest BCUT2D eigenvalue weighted by molar-refractivity contribution is 5.20. The highest BCUT2D eigenvalue weighted by atomic mass is 16.3. The standard InChI is InChI=1S/C19H31NO/c1-2-16(13-14-21)15-20-19(17-9-5-3-6-10-17)18-11-7-4-8-12-18/h3,5-6,9-10,16,18-21H,2,4,7-8,11-15H2,1H3. The first-order valence-electron chi connectivity index (χ1n) is 8.74. The molecular weight excluding hydrogens is 258 g/mol. The van der Waals surface area contributed by atoms with Crippen molar-refractivity contribution in [3.05, 3.63) is 35.9 Å². The molecular formula is C19H31NO. The Kier molecular flexibility index (Phi) is 7.25. The number of rotatable bonds is 8. The van der Waals surface area contributed by atoms with Crippen LogP contribution in [0.15, 0.2) is 30.3 Å². The fourth-order valence-electron chi connectivity index (χ4n) is 3.61. The first-order valence-corrected chi connectivity index (χ1v) is 8.74. The topological polar surface area (TPSA) is 32.3 Å². The fourth-order valence-corrected chi connectivity index (χ4v) is 3.61. The number of hydrogen-bond donors (Lipinski definition) is 2. The molecule has 1 saturated carbocycles. The van der Waals surface area contributed by atoms with E-state index in [1.165, 1.54) is 37.7 Å². The van der Waals surface area contributed by atoms with Gasteiger partial charge >= 0.3 is 0 Å². The summed E-state index contributed by atoms with van der Waals surface area (Å²) in [4.78, 5) is 0. The van der Waals surface area contributed by atoms with Gasteiger partial charge in [-0.05, 0) is 43.2 Å². The van der Waals surface area contributed by atoms with Gasteiger partial charge in [0.2, 0.25) is 0 Å². The Morgan fingerprint density at radius 1 is 1.14 bits per heavy atom. The van der Waals surface area contributed by atoms with Crippen molar-refractivity contribution in [1.82, 2.24) is 5.32 Å². The Morgan fingerprint density at radius 2 is 1.86 bits per heavy atom. The maximum absolute atomic E-state index is 9.17. The van der Waals surface area contributed by atoms with Gasteiger partial charge in [0, 0.05) is 12.6 Å². The largest absolute Gasteiger partial charge is 0.396 e. The second-order valence-corrected chi connectivity index (χ2v) is 6.48. The molecule has 1 aliphatic rings. The van der Waals surface area contributed by atoms with Crippen molar-refractivity contribution < 1.29 is 5.11 Å². The smallest absolute Gasteiger partial charge is 0.0434 e. The number of aliphatic hydroxyl groups is 1. The van der Waals surface area contributed by atoms with E-state index in [4.69, 9.17) is 0 Å². The Hall–Kier alpha value is -0.860. The van der Waals surface area contributed by atoms with Crippen LogP contribution in [0.1, 0.15) is 63.5 Å². The van der Waals surface area contributed by atoms with E-state index in [1.54, 1.807) is 0 Å². The van der Waals surface area contributed by atoms with E-state index >= 15 is 0 Å². The summed E-state index contributed by atoms with van der Waals surface area (Å²) in [6, 6.07) is 11.4. The Balaban J connectivity index is 2.01. The number of nitrogens with one attached hydrogen (secondary N) is 1. The van der Waals surface area contributed by atoms with Crippen LogP contribution in [0, 0.1) is 11.8 Å². The lowest BCUT2D eigenvalue weighted by Crippen LogP contribution is -2.33. The first-order chi connectivity index (χ1) is 10.3. The SMILES string of the molecule is CCC(CCO)CNC(c1ccccc1)C1CCCCC1. The van der Waals surface area contributed by atoms with Crippen molar-refractivity contribution in [3.8, 4) is 0 Å². The molecule has 21 heavy (non-hydrogen) atoms. The van der Waals surface area contributed by atoms with Crippen LogP contribution < -0.4 is 5.32 Å². The van der Waals surface area contributed by atoms with Crippen LogP contribution in [-0.4, -0.2) is 18.3 Å². The summed E-state index contributed by atoms with van der Waals surface area (Å²) in [5.41, 5.74) is 1.43. The van der Waals surface area contributed by atoms with Crippen molar-refractivity contribution in [2.75, 3.05) is 13.2 Å². The predicted molar refractivity (Wildman–Crippen MR) is 89.2 cm³/mol. The quantitative estimate of drug-likeness (QED) is 0.747. The summed E-state index contributed by atoms with van der Waals surface area (Å²) in [6.45, 7) is 3.55. The van der Waals surface area contributed by atoms with Gasteiger partial charge in [0.15, 0.2) is 0 Å². The van der Waals surface area contributed by atoms with Gasteiger partial charge in [0.25, 0.3) is 0 Å². The highest BCUT2D eigenvalue weighted by Crippen LogP contribution is 2.34. The van der Waals surface area contributed by atoms with Crippen LogP contribution in [-0.2, 0) is 0 Å². The molecule has 2 atom stereocenters. The summed E-state index contributed by atoms with van der Waals surface area (Å²) in [5.74, 6) is 1.36. The van der Waals surface area contributed by atoms with E-state index in [0.717, 1.165) is 25.3 Å². The van der Waals surface area contributed by atoms with Gasteiger partial charge in [-0.3, -0.25) is 0 Å². The summed E-state index contributed by atoms with van der Waals surface area (Å²) >= 11 is 0. The maximum atomic E-state index is 9.17. The van der Waals surface area contributed by atoms with Crippen LogP contribution >= 0.6 is 0 Å². The van der Waals surface area contributed by atoms with E-state index < -0.39 is 0 Å². The molecule has 1 aromatic rings. The fraction of sp³-hybridized carbons (Fsp3) is 0.684. The van der Waals surface area contributed by atoms with Crippen molar-refractivity contribution in [2.45, 2.75) is 57.9 Å². The monoisotopic (exact) mass is 289 g/mol. The molecule has 0 amide bonds. The zero-order chi connectivity index (χ0) is 14.9. The molecule has 0 bridgehead atoms. The van der Waals surface area contributed by atoms with Crippen molar-refractivity contribution in [3.63, 3.8) is 0 Å². The molecule has 0 radical (unpaired) electrons. The minimum Gasteiger partial charge on any atom is -0.396 e. The van der Waals surface area contributed by atoms with Gasteiger partial charge in [0.05, 0.1) is 0 Å². The molecule has 2 rings (SSSR count). The predicted octanol–water partition coefficient (Wildman–Crippen LogP) is 4.31. The summed E-state index contributed by atoms with van der Waals surface area (Å²) in [7, 11) is 0. The lowest BCUT2D eigenvalue weighted by molar-refractivity contribution is 0.229. The van der Waals surface area contributed by atoms with E-state index in [1.807, 2.05) is 0 Å². The Bertz CT molecular complexity index is 372. The van der Waals surface area contributed by atoms with Gasteiger partial charge in [-0.2, -0.15) is 0 Å². The zero-order valence-corrected chi connectivity index (χ0v) is 13.4. The molecule has 0 aliphatic heterocycles. The van der Waals surface area contributed by atoms with Gasteiger partial charge in [-0.15, -0.1) is 0 Å². The number of hydrogen-bond acceptors (Lipinski definition) is 2. The van der Waals surface area contributed by atoms with Crippen LogP contribution in [0.2, 0.25) is 0 Å². The van der Waals surface area contributed by atoms with Crippen molar-refractivity contribution in [2.24, 2.45) is 11.8 Å². The third-order valence-electron chi connectivity index (χ3n) is 5.02. The molecule has 1 aromatic carbocycles. The highest BCUT2D eigenvalue weighted by Gasteiger charge is 2.25. The van der Waals surface area contributed by atoms with Crippen molar-refractivity contribution in [1.29, 1.82) is 0 Å². The molecule has 0 aromatic heterocycles. The minimum absolute atomic E-state index is 0.305. The van der Waals surface area contributed by atoms with Crippen molar-refractivity contribution >= 4 is 0 Å². The van der Waals surface area contributed by atoms with Gasteiger partial charge < -0.3 is 10.4 Å². The normalized spacial score (nSPS) is 19.3. The first kappa shape index (κ1) is 16.5. The van der Waals surface area contributed by atoms with E-state index in [9.17, 15) is 5.11 Å². The van der Waals surface area contributed by atoms with Gasteiger partial charge in [-0.25, -0.2) is 0 Å². The van der Waals surface area contributed by atoms with Gasteiger partial charge in [0.1, 0.15) is 0 Å². The molecule has 2 unspecified atom stereocenters. The lowest BCUT2D eigenvalue weighted by atomic mass is 9.81. The molecule has 2 N–H and O–H groups in total. The lowest BCUT2D eigenvalue weighted by Gasteiger charge is -2.32. The summed E-state index contributed by atoms with van der Waals surface area (Å²) in [5, 5.41) is 13.0. The second kappa shape index (κ2) is 9.22. The molecule has 2 nitrogen and oxygen atoms in total. The molecule has 0 saturated heterocycles. The van der Waals surface area contributed by atoms with Crippen LogP contribution in [0.25, 0.3) is 0 Å². The van der Waals surface area contributed by atoms with Gasteiger partial charge in [-0.1, -0.05) is 62.9 Å². The molecule has 0 spiro atoms. The van der Waals surface area contributed by atoms with E-state index in [0.29, 0.717) is 18.6 Å². The molecule has 1 aliphatic carbocycles. The maximum Gasteiger partial charge on any atom is 0.0434 e. The summed E-state index contributed by atoms with van der Waals surface area (Å²) < 4.78 is 0. The average molecular weight is 289 g/mol. The Labute approximate surface area is 130 Å². The number of benzene rings is 1. The zero-order valence-electron chi connectivity index (χ0n) is 13.4. The molecule has 118 valence electrons. The van der Waals surface area contributed by atoms with Crippen LogP contribution in [0.5, 0.6) is 0 Å². The molecule has 1 fully saturated rings. The number of aliphatic hydroxyl groups excluding tert-OH is 1. The third-order valence-corrected chi connectivity index (χ3v) is 5.02. The summed E-state index contributed by atoms with van der Waals surface area (Å²) in [6.07, 6.45) is 8.91. The molecule has 0 heterocycles. The average Bonchev–Trinajstić information content (AvgIpc) is 2.56. The van der Waals surface area contributed by atoms with Crippen LogP contribution in [0.4, 0.5) is 0 Å².